The molecule has 19 heavy (non-hydrogen) atoms. The molecule has 0 aliphatic carbocycles. The lowest BCUT2D eigenvalue weighted by Gasteiger charge is -2.03. The van der Waals surface area contributed by atoms with Crippen molar-refractivity contribution in [3.63, 3.8) is 0 Å². The molecule has 0 bridgehead atoms. The van der Waals surface area contributed by atoms with Crippen molar-refractivity contribution in [2.45, 2.75) is 33.2 Å². The molecule has 1 aromatic carbocycles. The molecule has 0 radical (unpaired) electrons. The SMILES string of the molecule is CCNCCC=CCc1nc2ccccc2n1CC. The Morgan fingerprint density at radius 2 is 2.05 bits per heavy atom. The summed E-state index contributed by atoms with van der Waals surface area (Å²) in [5, 5.41) is 3.32. The molecule has 0 atom stereocenters. The maximum atomic E-state index is 4.71. The van der Waals surface area contributed by atoms with Gasteiger partial charge >= 0.3 is 0 Å². The highest BCUT2D eigenvalue weighted by molar-refractivity contribution is 5.75. The summed E-state index contributed by atoms with van der Waals surface area (Å²) in [6.45, 7) is 7.37. The van der Waals surface area contributed by atoms with Crippen LogP contribution in [0.4, 0.5) is 0 Å². The van der Waals surface area contributed by atoms with Crippen molar-refractivity contribution in [1.82, 2.24) is 14.9 Å². The summed E-state index contributed by atoms with van der Waals surface area (Å²) >= 11 is 0. The van der Waals surface area contributed by atoms with Crippen molar-refractivity contribution >= 4 is 11.0 Å². The monoisotopic (exact) mass is 257 g/mol. The summed E-state index contributed by atoms with van der Waals surface area (Å²) in [7, 11) is 0. The first kappa shape index (κ1) is 13.8. The molecule has 0 unspecified atom stereocenters. The summed E-state index contributed by atoms with van der Waals surface area (Å²) in [5.74, 6) is 1.16. The Kier molecular flexibility index (Phi) is 5.16. The van der Waals surface area contributed by atoms with E-state index in [0.717, 1.165) is 43.8 Å². The molecule has 1 heterocycles. The Bertz CT molecular complexity index is 540. The molecule has 102 valence electrons. The quantitative estimate of drug-likeness (QED) is 0.610. The van der Waals surface area contributed by atoms with Crippen LogP contribution >= 0.6 is 0 Å². The second-order valence-electron chi connectivity index (χ2n) is 4.58. The number of benzene rings is 1. The topological polar surface area (TPSA) is 29.9 Å². The van der Waals surface area contributed by atoms with E-state index in [0.29, 0.717) is 0 Å². The summed E-state index contributed by atoms with van der Waals surface area (Å²) in [4.78, 5) is 4.71. The van der Waals surface area contributed by atoms with E-state index in [9.17, 15) is 0 Å². The zero-order valence-electron chi connectivity index (χ0n) is 11.9. The molecule has 0 aliphatic rings. The third-order valence-corrected chi connectivity index (χ3v) is 3.25. The van der Waals surface area contributed by atoms with E-state index in [2.05, 4.69) is 54.1 Å². The first-order chi connectivity index (χ1) is 9.36. The van der Waals surface area contributed by atoms with Gasteiger partial charge in [-0.05, 0) is 38.6 Å². The van der Waals surface area contributed by atoms with Gasteiger partial charge < -0.3 is 9.88 Å². The molecule has 0 saturated carbocycles. The molecular formula is C16H23N3. The van der Waals surface area contributed by atoms with Gasteiger partial charge in [-0.1, -0.05) is 31.2 Å². The third kappa shape index (κ3) is 3.44. The number of aromatic nitrogens is 2. The van der Waals surface area contributed by atoms with E-state index in [1.165, 1.54) is 5.52 Å². The molecule has 2 aromatic rings. The Hall–Kier alpha value is -1.61. The van der Waals surface area contributed by atoms with Crippen LogP contribution in [-0.2, 0) is 13.0 Å². The number of fused-ring (bicyclic) bond motifs is 1. The molecule has 3 nitrogen and oxygen atoms in total. The van der Waals surface area contributed by atoms with Crippen molar-refractivity contribution < 1.29 is 0 Å². The molecule has 1 aromatic heterocycles. The molecule has 2 rings (SSSR count). The van der Waals surface area contributed by atoms with Crippen molar-refractivity contribution in [2.24, 2.45) is 0 Å². The highest BCUT2D eigenvalue weighted by atomic mass is 15.1. The minimum absolute atomic E-state index is 0.911. The molecule has 3 heteroatoms. The predicted octanol–water partition coefficient (Wildman–Crippen LogP) is 3.15. The molecule has 0 aliphatic heterocycles. The van der Waals surface area contributed by atoms with Gasteiger partial charge in [0.25, 0.3) is 0 Å². The fraction of sp³-hybridized carbons (Fsp3) is 0.438. The fourth-order valence-electron chi connectivity index (χ4n) is 2.30. The number of imidazole rings is 1. The Morgan fingerprint density at radius 1 is 1.21 bits per heavy atom. The van der Waals surface area contributed by atoms with Crippen molar-refractivity contribution in [1.29, 1.82) is 0 Å². The second-order valence-corrected chi connectivity index (χ2v) is 4.58. The number of nitrogens with zero attached hydrogens (tertiary/aromatic N) is 2. The van der Waals surface area contributed by atoms with Crippen LogP contribution in [0.15, 0.2) is 36.4 Å². The molecule has 0 fully saturated rings. The van der Waals surface area contributed by atoms with Gasteiger partial charge in [0, 0.05) is 13.0 Å². The number of hydrogen-bond donors (Lipinski definition) is 1. The minimum Gasteiger partial charge on any atom is -0.328 e. The maximum Gasteiger partial charge on any atom is 0.113 e. The predicted molar refractivity (Wildman–Crippen MR) is 81.4 cm³/mol. The van der Waals surface area contributed by atoms with Crippen LogP contribution in [0.25, 0.3) is 11.0 Å². The van der Waals surface area contributed by atoms with E-state index in [1.54, 1.807) is 0 Å². The first-order valence-corrected chi connectivity index (χ1v) is 7.16. The lowest BCUT2D eigenvalue weighted by molar-refractivity contribution is 0.722. The zero-order chi connectivity index (χ0) is 13.5. The normalized spacial score (nSPS) is 11.7. The smallest absolute Gasteiger partial charge is 0.113 e. The fourth-order valence-corrected chi connectivity index (χ4v) is 2.30. The van der Waals surface area contributed by atoms with E-state index < -0.39 is 0 Å². The number of rotatable bonds is 7. The highest BCUT2D eigenvalue weighted by Crippen LogP contribution is 2.16. The van der Waals surface area contributed by atoms with Gasteiger partial charge in [-0.2, -0.15) is 0 Å². The summed E-state index contributed by atoms with van der Waals surface area (Å²) in [6.07, 6.45) is 6.46. The van der Waals surface area contributed by atoms with E-state index >= 15 is 0 Å². The minimum atomic E-state index is 0.911. The highest BCUT2D eigenvalue weighted by Gasteiger charge is 2.06. The third-order valence-electron chi connectivity index (χ3n) is 3.25. The second kappa shape index (κ2) is 7.10. The Labute approximate surface area is 115 Å². The number of hydrogen-bond acceptors (Lipinski definition) is 2. The van der Waals surface area contributed by atoms with Crippen LogP contribution < -0.4 is 5.32 Å². The average Bonchev–Trinajstić information content (AvgIpc) is 2.80. The summed E-state index contributed by atoms with van der Waals surface area (Å²) in [5.41, 5.74) is 2.33. The van der Waals surface area contributed by atoms with E-state index in [-0.39, 0.29) is 0 Å². The number of allylic oxidation sites excluding steroid dienone is 1. The summed E-state index contributed by atoms with van der Waals surface area (Å²) < 4.78 is 2.30. The van der Waals surface area contributed by atoms with E-state index in [4.69, 9.17) is 4.98 Å². The molecule has 0 saturated heterocycles. The molecule has 0 spiro atoms. The summed E-state index contributed by atoms with van der Waals surface area (Å²) in [6, 6.07) is 8.35. The lowest BCUT2D eigenvalue weighted by atomic mass is 10.3. The van der Waals surface area contributed by atoms with Crippen LogP contribution in [0.1, 0.15) is 26.1 Å². The van der Waals surface area contributed by atoms with Crippen LogP contribution in [-0.4, -0.2) is 22.6 Å². The van der Waals surface area contributed by atoms with E-state index in [1.807, 2.05) is 6.07 Å². The number of aryl methyl sites for hydroxylation is 1. The molecule has 1 N–H and O–H groups in total. The number of para-hydroxylation sites is 2. The van der Waals surface area contributed by atoms with Crippen molar-refractivity contribution in [3.05, 3.63) is 42.2 Å². The van der Waals surface area contributed by atoms with Gasteiger partial charge in [-0.15, -0.1) is 0 Å². The van der Waals surface area contributed by atoms with Gasteiger partial charge in [0.2, 0.25) is 0 Å². The zero-order valence-corrected chi connectivity index (χ0v) is 11.9. The van der Waals surface area contributed by atoms with Crippen LogP contribution in [0.2, 0.25) is 0 Å². The maximum absolute atomic E-state index is 4.71. The Morgan fingerprint density at radius 3 is 2.84 bits per heavy atom. The average molecular weight is 257 g/mol. The van der Waals surface area contributed by atoms with Gasteiger partial charge in [-0.3, -0.25) is 0 Å². The van der Waals surface area contributed by atoms with Crippen molar-refractivity contribution in [3.8, 4) is 0 Å². The first-order valence-electron chi connectivity index (χ1n) is 7.16. The standard InChI is InChI=1S/C16H23N3/c1-3-17-13-9-5-6-12-16-18-14-10-7-8-11-15(14)19(16)4-2/h5-8,10-11,17H,3-4,9,12-13H2,1-2H3. The van der Waals surface area contributed by atoms with Crippen molar-refractivity contribution in [2.75, 3.05) is 13.1 Å². The van der Waals surface area contributed by atoms with Gasteiger partial charge in [0.1, 0.15) is 5.82 Å². The van der Waals surface area contributed by atoms with Gasteiger partial charge in [0.05, 0.1) is 11.0 Å². The van der Waals surface area contributed by atoms with Gasteiger partial charge in [0.15, 0.2) is 0 Å². The lowest BCUT2D eigenvalue weighted by Crippen LogP contribution is -2.12. The number of nitrogens with one attached hydrogen (secondary N) is 1. The van der Waals surface area contributed by atoms with Crippen LogP contribution in [0, 0.1) is 0 Å². The van der Waals surface area contributed by atoms with Crippen LogP contribution in [0.3, 0.4) is 0 Å². The largest absolute Gasteiger partial charge is 0.328 e. The van der Waals surface area contributed by atoms with Crippen LogP contribution in [0.5, 0.6) is 0 Å². The molecule has 0 amide bonds. The van der Waals surface area contributed by atoms with Gasteiger partial charge in [-0.25, -0.2) is 4.98 Å². The molecular weight excluding hydrogens is 234 g/mol. The Balaban J connectivity index is 2.04.